The number of rotatable bonds is 2. The molecule has 4 aromatic rings. The van der Waals surface area contributed by atoms with E-state index in [-0.39, 0.29) is 5.54 Å². The fourth-order valence-corrected chi connectivity index (χ4v) is 5.41. The Bertz CT molecular complexity index is 1340. The predicted octanol–water partition coefficient (Wildman–Crippen LogP) is 3.63. The maximum Gasteiger partial charge on any atom is 0.161 e. The summed E-state index contributed by atoms with van der Waals surface area (Å²) in [6, 6.07) is 12.1. The van der Waals surface area contributed by atoms with Crippen molar-refractivity contribution in [3.63, 3.8) is 0 Å². The number of aryl methyl sites for hydroxylation is 1. The Labute approximate surface area is 185 Å². The van der Waals surface area contributed by atoms with E-state index in [1.54, 1.807) is 26.2 Å². The first-order valence-electron chi connectivity index (χ1n) is 11.1. The molecule has 6 rings (SSSR count). The third-order valence-corrected chi connectivity index (χ3v) is 6.84. The lowest BCUT2D eigenvalue weighted by molar-refractivity contribution is 0.0687. The van der Waals surface area contributed by atoms with E-state index < -0.39 is 11.7 Å². The van der Waals surface area contributed by atoms with Crippen molar-refractivity contribution in [2.24, 2.45) is 0 Å². The van der Waals surface area contributed by atoms with Crippen LogP contribution in [-0.4, -0.2) is 34.7 Å². The highest BCUT2D eigenvalue weighted by atomic mass is 16.3. The summed E-state index contributed by atoms with van der Waals surface area (Å²) < 4.78 is 2.27. The molecule has 4 heterocycles. The van der Waals surface area contributed by atoms with Gasteiger partial charge < -0.3 is 14.8 Å². The molecule has 2 atom stereocenters. The predicted molar refractivity (Wildman–Crippen MR) is 120 cm³/mol. The first-order valence-corrected chi connectivity index (χ1v) is 11.1. The number of fused-ring (bicyclic) bond motifs is 6. The van der Waals surface area contributed by atoms with Crippen molar-refractivity contribution in [1.29, 1.82) is 0 Å². The number of benzene rings is 1. The first-order chi connectivity index (χ1) is 15.4. The topological polar surface area (TPSA) is 97.0 Å². The van der Waals surface area contributed by atoms with Gasteiger partial charge in [-0.2, -0.15) is 0 Å². The zero-order chi connectivity index (χ0) is 22.1. The zero-order valence-corrected chi connectivity index (χ0v) is 18.2. The molecule has 2 N–H and O–H groups in total. The Balaban J connectivity index is 1.52. The van der Waals surface area contributed by atoms with Crippen LogP contribution >= 0.6 is 0 Å². The molecule has 0 bridgehead atoms. The van der Waals surface area contributed by atoms with Crippen molar-refractivity contribution >= 4 is 11.2 Å². The van der Waals surface area contributed by atoms with E-state index in [0.717, 1.165) is 53.1 Å². The van der Waals surface area contributed by atoms with Gasteiger partial charge in [0.1, 0.15) is 16.9 Å². The summed E-state index contributed by atoms with van der Waals surface area (Å²) in [6.07, 6.45) is 6.44. The maximum atomic E-state index is 10.9. The summed E-state index contributed by atoms with van der Waals surface area (Å²) in [5.74, 6) is 1.40. The quantitative estimate of drug-likeness (QED) is 0.507. The second-order valence-corrected chi connectivity index (χ2v) is 9.45. The van der Waals surface area contributed by atoms with Crippen LogP contribution in [0, 0.1) is 0 Å². The van der Waals surface area contributed by atoms with Gasteiger partial charge in [-0.3, -0.25) is 0 Å². The highest BCUT2D eigenvalue weighted by molar-refractivity contribution is 5.77. The van der Waals surface area contributed by atoms with E-state index in [1.165, 1.54) is 5.56 Å². The van der Waals surface area contributed by atoms with Gasteiger partial charge in [0.15, 0.2) is 11.5 Å². The van der Waals surface area contributed by atoms with Crippen LogP contribution in [-0.2, 0) is 17.6 Å². The van der Waals surface area contributed by atoms with Gasteiger partial charge in [-0.25, -0.2) is 19.9 Å². The van der Waals surface area contributed by atoms with E-state index >= 15 is 0 Å². The molecule has 0 saturated carbocycles. The zero-order valence-electron chi connectivity index (χ0n) is 18.2. The van der Waals surface area contributed by atoms with Crippen molar-refractivity contribution in [3.8, 4) is 11.3 Å². The number of nitrogens with zero attached hydrogens (tertiary/aromatic N) is 5. The highest BCUT2D eigenvalue weighted by Gasteiger charge is 2.48. The lowest BCUT2D eigenvalue weighted by Gasteiger charge is -2.37. The van der Waals surface area contributed by atoms with Crippen LogP contribution in [0.25, 0.3) is 22.4 Å². The van der Waals surface area contributed by atoms with Gasteiger partial charge in [0.2, 0.25) is 0 Å². The molecule has 0 saturated heterocycles. The fraction of sp³-hybridized carbons (Fsp3) is 0.360. The molecule has 7 heteroatoms. The van der Waals surface area contributed by atoms with Crippen LogP contribution in [0.15, 0.2) is 48.8 Å². The van der Waals surface area contributed by atoms with E-state index in [2.05, 4.69) is 20.6 Å². The lowest BCUT2D eigenvalue weighted by Crippen LogP contribution is -2.37. The molecule has 0 fully saturated rings. The summed E-state index contributed by atoms with van der Waals surface area (Å²) in [5.41, 5.74) is 3.99. The minimum atomic E-state index is -1.09. The Kier molecular flexibility index (Phi) is 4.07. The van der Waals surface area contributed by atoms with E-state index in [1.807, 2.05) is 30.3 Å². The van der Waals surface area contributed by atoms with Crippen LogP contribution in [0.1, 0.15) is 62.0 Å². The molecule has 3 aromatic heterocycles. The van der Waals surface area contributed by atoms with E-state index in [0.29, 0.717) is 12.2 Å². The number of aliphatic hydroxyl groups is 2. The molecule has 0 radical (unpaired) electrons. The number of aliphatic hydroxyl groups excluding tert-OH is 1. The minimum absolute atomic E-state index is 0.328. The molecular formula is C25H25N5O2. The molecule has 1 spiro atoms. The van der Waals surface area contributed by atoms with Gasteiger partial charge >= 0.3 is 0 Å². The van der Waals surface area contributed by atoms with Crippen LogP contribution in [0.4, 0.5) is 0 Å². The number of hydrogen-bond donors (Lipinski definition) is 2. The third kappa shape index (κ3) is 2.74. The number of imidazole rings is 1. The van der Waals surface area contributed by atoms with Gasteiger partial charge in [0.05, 0.1) is 17.3 Å². The first kappa shape index (κ1) is 19.5. The standard InChI is InChI=1S/C25H25N5O2/c1-24(2,32)23-26-13-15(14-27-23)18-9-10-19-22(29-18)30-21(28-19)8-5-11-25(30)12-20(31)16-6-3-4-7-17(16)25/h3-4,6-7,9-10,13-14,20,31-32H,5,8,11-12H2,1-2H3. The van der Waals surface area contributed by atoms with E-state index in [4.69, 9.17) is 9.97 Å². The number of pyridine rings is 1. The van der Waals surface area contributed by atoms with Gasteiger partial charge in [0, 0.05) is 30.8 Å². The second-order valence-electron chi connectivity index (χ2n) is 9.45. The van der Waals surface area contributed by atoms with Gasteiger partial charge in [-0.15, -0.1) is 0 Å². The van der Waals surface area contributed by atoms with Crippen LogP contribution in [0.2, 0.25) is 0 Å². The van der Waals surface area contributed by atoms with Crippen LogP contribution < -0.4 is 0 Å². The number of aromatic nitrogens is 5. The molecule has 1 aliphatic carbocycles. The maximum absolute atomic E-state index is 10.9. The largest absolute Gasteiger partial charge is 0.388 e. The van der Waals surface area contributed by atoms with Crippen molar-refractivity contribution in [2.75, 3.05) is 0 Å². The van der Waals surface area contributed by atoms with Crippen molar-refractivity contribution in [1.82, 2.24) is 24.5 Å². The molecule has 1 aliphatic heterocycles. The van der Waals surface area contributed by atoms with E-state index in [9.17, 15) is 10.2 Å². The monoisotopic (exact) mass is 427 g/mol. The fourth-order valence-electron chi connectivity index (χ4n) is 5.41. The molecule has 0 amide bonds. The summed E-state index contributed by atoms with van der Waals surface area (Å²) in [6.45, 7) is 3.33. The minimum Gasteiger partial charge on any atom is -0.388 e. The molecule has 2 aliphatic rings. The van der Waals surface area contributed by atoms with Crippen LogP contribution in [0.3, 0.4) is 0 Å². The van der Waals surface area contributed by atoms with Gasteiger partial charge in [0.25, 0.3) is 0 Å². The average molecular weight is 428 g/mol. The van der Waals surface area contributed by atoms with Crippen LogP contribution in [0.5, 0.6) is 0 Å². The number of hydrogen-bond acceptors (Lipinski definition) is 6. The molecule has 2 unspecified atom stereocenters. The molecule has 7 nitrogen and oxygen atoms in total. The molecule has 32 heavy (non-hydrogen) atoms. The summed E-state index contributed by atoms with van der Waals surface area (Å²) >= 11 is 0. The average Bonchev–Trinajstić information content (AvgIpc) is 3.30. The molecular weight excluding hydrogens is 402 g/mol. The second kappa shape index (κ2) is 6.67. The molecule has 1 aromatic carbocycles. The highest BCUT2D eigenvalue weighted by Crippen LogP contribution is 2.51. The normalized spacial score (nSPS) is 22.3. The summed E-state index contributed by atoms with van der Waals surface area (Å²) in [7, 11) is 0. The van der Waals surface area contributed by atoms with Gasteiger partial charge in [-0.1, -0.05) is 24.3 Å². The Morgan fingerprint density at radius 1 is 1.06 bits per heavy atom. The molecule has 162 valence electrons. The summed E-state index contributed by atoms with van der Waals surface area (Å²) in [5, 5.41) is 21.0. The summed E-state index contributed by atoms with van der Waals surface area (Å²) in [4.78, 5) is 18.6. The van der Waals surface area contributed by atoms with Crippen molar-refractivity contribution < 1.29 is 10.2 Å². The van der Waals surface area contributed by atoms with Crippen molar-refractivity contribution in [3.05, 3.63) is 71.6 Å². The van der Waals surface area contributed by atoms with Gasteiger partial charge in [-0.05, 0) is 49.9 Å². The van der Waals surface area contributed by atoms with Crippen molar-refractivity contribution in [2.45, 2.75) is 56.8 Å². The lowest BCUT2D eigenvalue weighted by atomic mass is 9.83. The Morgan fingerprint density at radius 2 is 1.84 bits per heavy atom. The third-order valence-electron chi connectivity index (χ3n) is 6.84. The Hall–Kier alpha value is -3.16. The Morgan fingerprint density at radius 3 is 2.62 bits per heavy atom. The smallest absolute Gasteiger partial charge is 0.161 e. The SMILES string of the molecule is CC(C)(O)c1ncc(-c2ccc3nc4n(c3n2)C2(CCC4)CC(O)c3ccccc32)cn1.